The zero-order valence-corrected chi connectivity index (χ0v) is 13.6. The van der Waals surface area contributed by atoms with E-state index in [0.717, 1.165) is 12.1 Å². The fraction of sp³-hybridized carbons (Fsp3) is 0.118. The van der Waals surface area contributed by atoms with E-state index < -0.39 is 17.5 Å². The van der Waals surface area contributed by atoms with Gasteiger partial charge in [0.25, 0.3) is 5.91 Å². The molecular formula is C17H13F2N5O2. The number of nitrogens with zero attached hydrogens (tertiary/aromatic N) is 3. The Morgan fingerprint density at radius 2 is 2.12 bits per heavy atom. The number of aromatic nitrogens is 4. The van der Waals surface area contributed by atoms with Gasteiger partial charge >= 0.3 is 0 Å². The summed E-state index contributed by atoms with van der Waals surface area (Å²) in [6.45, 7) is 2.33. The highest BCUT2D eigenvalue weighted by molar-refractivity contribution is 6.11. The number of amides is 1. The van der Waals surface area contributed by atoms with E-state index >= 15 is 0 Å². The normalized spacial score (nSPS) is 11.2. The number of rotatable bonds is 4. The number of fused-ring (bicyclic) bond motifs is 2. The van der Waals surface area contributed by atoms with Gasteiger partial charge in [0.15, 0.2) is 23.0 Å². The molecule has 132 valence electrons. The van der Waals surface area contributed by atoms with Gasteiger partial charge in [-0.2, -0.15) is 5.10 Å². The van der Waals surface area contributed by atoms with Crippen LogP contribution in [0.4, 0.5) is 14.5 Å². The van der Waals surface area contributed by atoms with E-state index in [2.05, 4.69) is 20.4 Å². The highest BCUT2D eigenvalue weighted by atomic mass is 19.2. The Kier molecular flexibility index (Phi) is 3.76. The van der Waals surface area contributed by atoms with E-state index in [0.29, 0.717) is 34.6 Å². The molecule has 9 heteroatoms. The first-order valence-corrected chi connectivity index (χ1v) is 7.80. The minimum atomic E-state index is -0.992. The standard InChI is InChI=1S/C17H13F2N5O2/c1-2-26-9-5-21-16-11(6-22-24(16)8-9)17(25)23-15-7-20-14-4-13(19)12(18)3-10(14)15/h3-8,20H,2H2,1H3,(H,23,25). The predicted octanol–water partition coefficient (Wildman–Crippen LogP) is 3.14. The van der Waals surface area contributed by atoms with Gasteiger partial charge in [0.1, 0.15) is 5.56 Å². The molecule has 1 amide bonds. The Balaban J connectivity index is 1.66. The average Bonchev–Trinajstić information content (AvgIpc) is 3.20. The molecule has 0 aliphatic heterocycles. The third-order valence-electron chi connectivity index (χ3n) is 3.86. The van der Waals surface area contributed by atoms with Crippen LogP contribution in [0.15, 0.2) is 36.9 Å². The zero-order chi connectivity index (χ0) is 18.3. The monoisotopic (exact) mass is 357 g/mol. The number of anilines is 1. The Morgan fingerprint density at radius 3 is 2.92 bits per heavy atom. The Bertz CT molecular complexity index is 1140. The topological polar surface area (TPSA) is 84.3 Å². The quantitative estimate of drug-likeness (QED) is 0.588. The minimum absolute atomic E-state index is 0.241. The molecule has 4 aromatic rings. The van der Waals surface area contributed by atoms with E-state index in [9.17, 15) is 13.6 Å². The summed E-state index contributed by atoms with van der Waals surface area (Å²) in [5, 5.41) is 7.12. The number of hydrogen-bond donors (Lipinski definition) is 2. The summed E-state index contributed by atoms with van der Waals surface area (Å²) in [6.07, 6.45) is 5.96. The average molecular weight is 357 g/mol. The van der Waals surface area contributed by atoms with Crippen molar-refractivity contribution >= 4 is 28.1 Å². The smallest absolute Gasteiger partial charge is 0.261 e. The third kappa shape index (κ3) is 2.63. The zero-order valence-electron chi connectivity index (χ0n) is 13.6. The molecular weight excluding hydrogens is 344 g/mol. The molecule has 0 atom stereocenters. The van der Waals surface area contributed by atoms with E-state index in [1.165, 1.54) is 23.1 Å². The SMILES string of the molecule is CCOc1cnc2c(C(=O)Nc3c[nH]c4cc(F)c(F)cc34)cnn2c1. The molecule has 26 heavy (non-hydrogen) atoms. The van der Waals surface area contributed by atoms with Crippen LogP contribution in [0.25, 0.3) is 16.6 Å². The second-order valence-electron chi connectivity index (χ2n) is 5.52. The molecule has 0 saturated carbocycles. The first kappa shape index (κ1) is 16.0. The van der Waals surface area contributed by atoms with E-state index in [1.54, 1.807) is 6.20 Å². The first-order chi connectivity index (χ1) is 12.6. The van der Waals surface area contributed by atoms with Crippen LogP contribution in [-0.2, 0) is 0 Å². The molecule has 3 heterocycles. The van der Waals surface area contributed by atoms with Crippen molar-refractivity contribution in [3.63, 3.8) is 0 Å². The van der Waals surface area contributed by atoms with Crippen LogP contribution < -0.4 is 10.1 Å². The fourth-order valence-corrected chi connectivity index (χ4v) is 2.67. The number of nitrogens with one attached hydrogen (secondary N) is 2. The minimum Gasteiger partial charge on any atom is -0.491 e. The van der Waals surface area contributed by atoms with Crippen LogP contribution in [0.5, 0.6) is 5.75 Å². The number of H-pyrrole nitrogens is 1. The molecule has 0 fully saturated rings. The number of carbonyl (C=O) groups is 1. The van der Waals surface area contributed by atoms with Crippen LogP contribution in [0.2, 0.25) is 0 Å². The summed E-state index contributed by atoms with van der Waals surface area (Å²) in [6, 6.07) is 2.06. The van der Waals surface area contributed by atoms with Crippen molar-refractivity contribution in [3.8, 4) is 5.75 Å². The molecule has 0 aliphatic carbocycles. The number of benzene rings is 1. The first-order valence-electron chi connectivity index (χ1n) is 7.80. The van der Waals surface area contributed by atoms with Gasteiger partial charge in [-0.15, -0.1) is 0 Å². The van der Waals surface area contributed by atoms with Crippen molar-refractivity contribution in [1.29, 1.82) is 0 Å². The van der Waals surface area contributed by atoms with Crippen LogP contribution in [-0.4, -0.2) is 32.1 Å². The number of aromatic amines is 1. The lowest BCUT2D eigenvalue weighted by Crippen LogP contribution is -2.11. The van der Waals surface area contributed by atoms with Gasteiger partial charge in [0, 0.05) is 17.6 Å². The van der Waals surface area contributed by atoms with Crippen molar-refractivity contribution in [2.45, 2.75) is 6.92 Å². The van der Waals surface area contributed by atoms with Gasteiger partial charge in [-0.1, -0.05) is 0 Å². The molecule has 0 spiro atoms. The van der Waals surface area contributed by atoms with Crippen molar-refractivity contribution in [3.05, 3.63) is 54.1 Å². The lowest BCUT2D eigenvalue weighted by Gasteiger charge is -2.04. The predicted molar refractivity (Wildman–Crippen MR) is 90.3 cm³/mol. The Hall–Kier alpha value is -3.49. The summed E-state index contributed by atoms with van der Waals surface area (Å²) in [5.41, 5.74) is 1.29. The Labute approximate surface area is 145 Å². The van der Waals surface area contributed by atoms with Gasteiger partial charge in [0.2, 0.25) is 0 Å². The number of halogens is 2. The molecule has 0 aliphatic rings. The number of ether oxygens (including phenoxy) is 1. The van der Waals surface area contributed by atoms with Gasteiger partial charge in [-0.3, -0.25) is 4.79 Å². The second kappa shape index (κ2) is 6.10. The molecule has 2 N–H and O–H groups in total. The van der Waals surface area contributed by atoms with Crippen LogP contribution in [0.3, 0.4) is 0 Å². The molecule has 4 rings (SSSR count). The third-order valence-corrected chi connectivity index (χ3v) is 3.86. The lowest BCUT2D eigenvalue weighted by atomic mass is 10.2. The van der Waals surface area contributed by atoms with Crippen molar-refractivity contribution in [1.82, 2.24) is 19.6 Å². The summed E-state index contributed by atoms with van der Waals surface area (Å²) >= 11 is 0. The maximum Gasteiger partial charge on any atom is 0.261 e. The molecule has 0 bridgehead atoms. The van der Waals surface area contributed by atoms with Crippen molar-refractivity contribution in [2.24, 2.45) is 0 Å². The van der Waals surface area contributed by atoms with Gasteiger partial charge in [-0.25, -0.2) is 18.3 Å². The van der Waals surface area contributed by atoms with Crippen LogP contribution in [0, 0.1) is 11.6 Å². The maximum absolute atomic E-state index is 13.5. The van der Waals surface area contributed by atoms with E-state index in [4.69, 9.17) is 4.74 Å². The molecule has 1 aromatic carbocycles. The Morgan fingerprint density at radius 1 is 1.31 bits per heavy atom. The highest BCUT2D eigenvalue weighted by Crippen LogP contribution is 2.26. The molecule has 3 aromatic heterocycles. The summed E-state index contributed by atoms with van der Waals surface area (Å²) in [4.78, 5) is 19.6. The van der Waals surface area contributed by atoms with Crippen LogP contribution in [0.1, 0.15) is 17.3 Å². The summed E-state index contributed by atoms with van der Waals surface area (Å²) in [5.74, 6) is -1.89. The molecule has 7 nitrogen and oxygen atoms in total. The summed E-state index contributed by atoms with van der Waals surface area (Å²) in [7, 11) is 0. The van der Waals surface area contributed by atoms with Gasteiger partial charge in [0.05, 0.1) is 36.4 Å². The van der Waals surface area contributed by atoms with E-state index in [1.807, 2.05) is 6.92 Å². The largest absolute Gasteiger partial charge is 0.491 e. The van der Waals surface area contributed by atoms with E-state index in [-0.39, 0.29) is 5.56 Å². The fourth-order valence-electron chi connectivity index (χ4n) is 2.67. The van der Waals surface area contributed by atoms with Crippen molar-refractivity contribution in [2.75, 3.05) is 11.9 Å². The lowest BCUT2D eigenvalue weighted by molar-refractivity contribution is 0.102. The van der Waals surface area contributed by atoms with Crippen molar-refractivity contribution < 1.29 is 18.3 Å². The number of hydrogen-bond acceptors (Lipinski definition) is 4. The summed E-state index contributed by atoms with van der Waals surface area (Å²) < 4.78 is 33.6. The van der Waals surface area contributed by atoms with Gasteiger partial charge in [-0.05, 0) is 13.0 Å². The van der Waals surface area contributed by atoms with Gasteiger partial charge < -0.3 is 15.0 Å². The molecule has 0 unspecified atom stereocenters. The van der Waals surface area contributed by atoms with Crippen LogP contribution >= 0.6 is 0 Å². The molecule has 0 saturated heterocycles. The second-order valence-corrected chi connectivity index (χ2v) is 5.52. The maximum atomic E-state index is 13.5. The number of carbonyl (C=O) groups excluding carboxylic acids is 1. The molecule has 0 radical (unpaired) electrons. The highest BCUT2D eigenvalue weighted by Gasteiger charge is 2.17.